The Bertz CT molecular complexity index is 242. The summed E-state index contributed by atoms with van der Waals surface area (Å²) in [6.07, 6.45) is 1.54. The van der Waals surface area contributed by atoms with Crippen LogP contribution < -0.4 is 5.32 Å². The maximum Gasteiger partial charge on any atom is 0.202 e. The normalized spacial score (nSPS) is 14.2. The first-order valence-corrected chi connectivity index (χ1v) is 5.36. The molecule has 3 nitrogen and oxygen atoms in total. The van der Waals surface area contributed by atoms with Crippen molar-refractivity contribution in [1.82, 2.24) is 9.36 Å². The van der Waals surface area contributed by atoms with E-state index in [-0.39, 0.29) is 10.8 Å². The lowest BCUT2D eigenvalue weighted by Crippen LogP contribution is -2.28. The molecule has 0 aliphatic heterocycles. The molecule has 13 heavy (non-hydrogen) atoms. The van der Waals surface area contributed by atoms with Gasteiger partial charge in [0, 0.05) is 18.1 Å². The highest BCUT2D eigenvalue weighted by Gasteiger charge is 2.21. The average Bonchev–Trinajstić information content (AvgIpc) is 2.50. The molecule has 1 rings (SSSR count). The number of alkyl halides is 1. The maximum atomic E-state index is 6.17. The molecule has 1 aromatic rings. The average molecular weight is 220 g/mol. The molecule has 0 bridgehead atoms. The van der Waals surface area contributed by atoms with Crippen molar-refractivity contribution in [2.24, 2.45) is 5.41 Å². The largest absolute Gasteiger partial charge is 0.359 e. The first-order valence-electron chi connectivity index (χ1n) is 4.15. The quantitative estimate of drug-likeness (QED) is 0.795. The molecule has 0 aliphatic rings. The minimum atomic E-state index is 0.0939. The lowest BCUT2D eigenvalue weighted by molar-refractivity contribution is 0.397. The minimum absolute atomic E-state index is 0.0939. The predicted octanol–water partition coefficient (Wildman–Crippen LogP) is 2.60. The molecule has 1 aromatic heterocycles. The zero-order valence-electron chi connectivity index (χ0n) is 8.04. The van der Waals surface area contributed by atoms with Gasteiger partial charge in [-0.05, 0) is 5.41 Å². The zero-order valence-corrected chi connectivity index (χ0v) is 9.61. The van der Waals surface area contributed by atoms with E-state index >= 15 is 0 Å². The molecule has 1 unspecified atom stereocenters. The molecular weight excluding hydrogens is 206 g/mol. The van der Waals surface area contributed by atoms with E-state index in [1.807, 2.05) is 0 Å². The summed E-state index contributed by atoms with van der Waals surface area (Å²) < 4.78 is 3.89. The van der Waals surface area contributed by atoms with Crippen molar-refractivity contribution in [3.8, 4) is 0 Å². The van der Waals surface area contributed by atoms with E-state index in [1.165, 1.54) is 17.9 Å². The van der Waals surface area contributed by atoms with Crippen LogP contribution in [0.3, 0.4) is 0 Å². The van der Waals surface area contributed by atoms with Gasteiger partial charge in [0.15, 0.2) is 0 Å². The smallest absolute Gasteiger partial charge is 0.202 e. The molecule has 0 fully saturated rings. The molecule has 0 aliphatic carbocycles. The van der Waals surface area contributed by atoms with Gasteiger partial charge < -0.3 is 5.32 Å². The van der Waals surface area contributed by atoms with Crippen molar-refractivity contribution in [3.05, 3.63) is 6.33 Å². The molecule has 1 heterocycles. The SMILES string of the molecule is CC(C)(C)C(Cl)CNc1ncns1. The fourth-order valence-corrected chi connectivity index (χ4v) is 1.25. The number of halogens is 1. The Morgan fingerprint density at radius 3 is 2.77 bits per heavy atom. The van der Waals surface area contributed by atoms with Crippen molar-refractivity contribution >= 4 is 28.3 Å². The number of aromatic nitrogens is 2. The first kappa shape index (κ1) is 10.7. The molecule has 1 atom stereocenters. The van der Waals surface area contributed by atoms with E-state index in [1.54, 1.807) is 0 Å². The van der Waals surface area contributed by atoms with Gasteiger partial charge in [-0.15, -0.1) is 11.6 Å². The third kappa shape index (κ3) is 3.48. The Hall–Kier alpha value is -0.350. The second-order valence-corrected chi connectivity index (χ2v) is 5.27. The van der Waals surface area contributed by atoms with Crippen molar-refractivity contribution in [3.63, 3.8) is 0 Å². The Labute approximate surface area is 87.7 Å². The molecular formula is C8H14ClN3S. The second-order valence-electron chi connectivity index (χ2n) is 3.96. The Morgan fingerprint density at radius 2 is 2.31 bits per heavy atom. The highest BCUT2D eigenvalue weighted by Crippen LogP contribution is 2.24. The highest BCUT2D eigenvalue weighted by atomic mass is 35.5. The summed E-state index contributed by atoms with van der Waals surface area (Å²) in [7, 11) is 0. The highest BCUT2D eigenvalue weighted by molar-refractivity contribution is 7.09. The van der Waals surface area contributed by atoms with Gasteiger partial charge in [-0.3, -0.25) is 0 Å². The number of hydrogen-bond acceptors (Lipinski definition) is 4. The fourth-order valence-electron chi connectivity index (χ4n) is 0.734. The molecule has 5 heteroatoms. The van der Waals surface area contributed by atoms with E-state index < -0.39 is 0 Å². The van der Waals surface area contributed by atoms with E-state index in [2.05, 4.69) is 35.4 Å². The summed E-state index contributed by atoms with van der Waals surface area (Å²) in [5.74, 6) is 0. The Morgan fingerprint density at radius 1 is 1.62 bits per heavy atom. The van der Waals surface area contributed by atoms with Crippen LogP contribution in [0.15, 0.2) is 6.33 Å². The van der Waals surface area contributed by atoms with Crippen LogP contribution in [0, 0.1) is 5.41 Å². The predicted molar refractivity (Wildman–Crippen MR) is 57.5 cm³/mol. The van der Waals surface area contributed by atoms with Crippen LogP contribution in [-0.4, -0.2) is 21.3 Å². The fraction of sp³-hybridized carbons (Fsp3) is 0.750. The van der Waals surface area contributed by atoms with Crippen molar-refractivity contribution in [2.45, 2.75) is 26.1 Å². The van der Waals surface area contributed by atoms with E-state index in [0.717, 1.165) is 11.7 Å². The van der Waals surface area contributed by atoms with Gasteiger partial charge in [0.25, 0.3) is 0 Å². The summed E-state index contributed by atoms with van der Waals surface area (Å²) >= 11 is 7.51. The lowest BCUT2D eigenvalue weighted by Gasteiger charge is -2.24. The van der Waals surface area contributed by atoms with Crippen molar-refractivity contribution in [2.75, 3.05) is 11.9 Å². The number of rotatable bonds is 3. The summed E-state index contributed by atoms with van der Waals surface area (Å²) in [5.41, 5.74) is 0.110. The summed E-state index contributed by atoms with van der Waals surface area (Å²) in [6.45, 7) is 7.07. The van der Waals surface area contributed by atoms with Crippen molar-refractivity contribution in [1.29, 1.82) is 0 Å². The van der Waals surface area contributed by atoms with Gasteiger partial charge in [-0.25, -0.2) is 4.98 Å². The summed E-state index contributed by atoms with van der Waals surface area (Å²) in [5, 5.41) is 4.07. The lowest BCUT2D eigenvalue weighted by atomic mass is 9.92. The minimum Gasteiger partial charge on any atom is -0.359 e. The van der Waals surface area contributed by atoms with Gasteiger partial charge >= 0.3 is 0 Å². The van der Waals surface area contributed by atoms with Gasteiger partial charge in [-0.1, -0.05) is 20.8 Å². The van der Waals surface area contributed by atoms with Gasteiger partial charge in [0.05, 0.1) is 5.38 Å². The van der Waals surface area contributed by atoms with Crippen molar-refractivity contribution < 1.29 is 0 Å². The van der Waals surface area contributed by atoms with Crippen LogP contribution in [0.4, 0.5) is 5.13 Å². The summed E-state index contributed by atoms with van der Waals surface area (Å²) in [4.78, 5) is 4.01. The molecule has 74 valence electrons. The van der Waals surface area contributed by atoms with Crippen LogP contribution in [-0.2, 0) is 0 Å². The van der Waals surface area contributed by atoms with E-state index in [9.17, 15) is 0 Å². The van der Waals surface area contributed by atoms with Crippen LogP contribution in [0.2, 0.25) is 0 Å². The molecule has 0 radical (unpaired) electrons. The molecule has 0 aromatic carbocycles. The number of nitrogens with one attached hydrogen (secondary N) is 1. The number of anilines is 1. The Balaban J connectivity index is 2.35. The number of nitrogens with zero attached hydrogens (tertiary/aromatic N) is 2. The van der Waals surface area contributed by atoms with Crippen LogP contribution in [0.1, 0.15) is 20.8 Å². The third-order valence-electron chi connectivity index (χ3n) is 1.73. The monoisotopic (exact) mass is 219 g/mol. The van der Waals surface area contributed by atoms with E-state index in [0.29, 0.717) is 0 Å². The third-order valence-corrected chi connectivity index (χ3v) is 3.16. The van der Waals surface area contributed by atoms with Gasteiger partial charge in [0.2, 0.25) is 5.13 Å². The van der Waals surface area contributed by atoms with Crippen LogP contribution >= 0.6 is 23.1 Å². The van der Waals surface area contributed by atoms with Gasteiger partial charge in [-0.2, -0.15) is 4.37 Å². The van der Waals surface area contributed by atoms with Crippen LogP contribution in [0.5, 0.6) is 0 Å². The standard InChI is InChI=1S/C8H14ClN3S/c1-8(2,3)6(9)4-10-7-11-5-12-13-7/h5-6H,4H2,1-3H3,(H,10,11,12). The Kier molecular flexibility index (Phi) is 3.50. The topological polar surface area (TPSA) is 37.8 Å². The first-order chi connectivity index (χ1) is 6.00. The summed E-state index contributed by atoms with van der Waals surface area (Å²) in [6, 6.07) is 0. The molecule has 0 amide bonds. The zero-order chi connectivity index (χ0) is 9.90. The maximum absolute atomic E-state index is 6.17. The second kappa shape index (κ2) is 4.24. The molecule has 1 N–H and O–H groups in total. The van der Waals surface area contributed by atoms with Crippen LogP contribution in [0.25, 0.3) is 0 Å². The van der Waals surface area contributed by atoms with E-state index in [4.69, 9.17) is 11.6 Å². The molecule has 0 spiro atoms. The molecule has 0 saturated heterocycles. The molecule has 0 saturated carbocycles. The van der Waals surface area contributed by atoms with Gasteiger partial charge in [0.1, 0.15) is 6.33 Å². The number of hydrogen-bond donors (Lipinski definition) is 1.